The number of aromatic amines is 1. The molecule has 1 aliphatic rings. The van der Waals surface area contributed by atoms with E-state index in [2.05, 4.69) is 27.2 Å². The third-order valence-corrected chi connectivity index (χ3v) is 6.55. The molecular weight excluding hydrogens is 453 g/mol. The Bertz CT molecular complexity index is 1170. The number of nitrogens with one attached hydrogen (secondary N) is 2. The van der Waals surface area contributed by atoms with E-state index in [1.807, 2.05) is 7.05 Å². The maximum Gasteiger partial charge on any atom is 0.247 e. The zero-order valence-corrected chi connectivity index (χ0v) is 19.5. The van der Waals surface area contributed by atoms with E-state index in [9.17, 15) is 4.79 Å². The molecule has 0 radical (unpaired) electrons. The second-order valence-corrected chi connectivity index (χ2v) is 8.27. The molecule has 4 rings (SSSR count). The number of anilines is 1. The van der Waals surface area contributed by atoms with Gasteiger partial charge in [-0.2, -0.15) is 10.2 Å². The average Bonchev–Trinajstić information content (AvgIpc) is 3.36. The van der Waals surface area contributed by atoms with Crippen molar-refractivity contribution in [1.29, 1.82) is 0 Å². The standard InChI is InChI=1S/C22H23Cl2N5O3/c1-5-17(30)26-14-10-25-29(2)22(14)21-12-7-6-11(8-13(12)27-28-21)18-19(23)15(31-3)9-16(32-4)20(18)24/h5,9-11H,1,6-8H2,2-4H3,(H,26,30)(H,27,28)/t11-/m1/s1. The molecule has 10 heteroatoms. The number of benzene rings is 1. The lowest BCUT2D eigenvalue weighted by Crippen LogP contribution is -2.14. The minimum Gasteiger partial charge on any atom is -0.495 e. The van der Waals surface area contributed by atoms with Crippen LogP contribution in [0.25, 0.3) is 11.4 Å². The first-order valence-electron chi connectivity index (χ1n) is 10.0. The summed E-state index contributed by atoms with van der Waals surface area (Å²) in [6.45, 7) is 3.50. The Labute approximate surface area is 195 Å². The van der Waals surface area contributed by atoms with Gasteiger partial charge in [0.05, 0.1) is 36.1 Å². The van der Waals surface area contributed by atoms with Gasteiger partial charge in [-0.3, -0.25) is 14.6 Å². The Kier molecular flexibility index (Phi) is 6.17. The average molecular weight is 476 g/mol. The lowest BCUT2D eigenvalue weighted by molar-refractivity contribution is -0.111. The number of amides is 1. The molecule has 1 aromatic carbocycles. The van der Waals surface area contributed by atoms with Gasteiger partial charge < -0.3 is 14.8 Å². The molecule has 0 fully saturated rings. The number of ether oxygens (including phenoxy) is 2. The predicted octanol–water partition coefficient (Wildman–Crippen LogP) is 4.53. The number of carbonyl (C=O) groups is 1. The van der Waals surface area contributed by atoms with Gasteiger partial charge in [0.25, 0.3) is 0 Å². The number of hydrogen-bond acceptors (Lipinski definition) is 5. The Morgan fingerprint density at radius 1 is 1.31 bits per heavy atom. The Morgan fingerprint density at radius 2 is 2.00 bits per heavy atom. The van der Waals surface area contributed by atoms with Crippen LogP contribution < -0.4 is 14.8 Å². The zero-order chi connectivity index (χ0) is 23.0. The van der Waals surface area contributed by atoms with E-state index < -0.39 is 0 Å². The molecule has 0 saturated heterocycles. The van der Waals surface area contributed by atoms with E-state index in [1.165, 1.54) is 6.08 Å². The quantitative estimate of drug-likeness (QED) is 0.510. The molecule has 0 unspecified atom stereocenters. The van der Waals surface area contributed by atoms with E-state index in [0.29, 0.717) is 33.7 Å². The highest BCUT2D eigenvalue weighted by Gasteiger charge is 2.31. The van der Waals surface area contributed by atoms with Crippen LogP contribution in [0.5, 0.6) is 11.5 Å². The van der Waals surface area contributed by atoms with Crippen LogP contribution in [0.15, 0.2) is 24.9 Å². The van der Waals surface area contributed by atoms with Crippen LogP contribution in [0.2, 0.25) is 10.0 Å². The van der Waals surface area contributed by atoms with Crippen LogP contribution in [0.3, 0.4) is 0 Å². The van der Waals surface area contributed by atoms with Crippen LogP contribution in [-0.2, 0) is 24.7 Å². The maximum absolute atomic E-state index is 11.8. The molecule has 32 heavy (non-hydrogen) atoms. The van der Waals surface area contributed by atoms with E-state index in [4.69, 9.17) is 32.7 Å². The third kappa shape index (κ3) is 3.73. The van der Waals surface area contributed by atoms with Gasteiger partial charge in [0.2, 0.25) is 5.91 Å². The summed E-state index contributed by atoms with van der Waals surface area (Å²) in [5.74, 6) is 0.805. The Hall–Kier alpha value is -2.97. The number of nitrogens with zero attached hydrogens (tertiary/aromatic N) is 3. The number of methoxy groups -OCH3 is 2. The van der Waals surface area contributed by atoms with Crippen molar-refractivity contribution in [3.8, 4) is 22.9 Å². The lowest BCUT2D eigenvalue weighted by Gasteiger charge is -2.26. The number of halogens is 2. The molecule has 0 bridgehead atoms. The largest absolute Gasteiger partial charge is 0.495 e. The SMILES string of the molecule is C=CC(=O)Nc1cnn(C)c1-c1n[nH]c2c1CC[C@@H](c1c(Cl)c(OC)cc(OC)c1Cl)C2. The summed E-state index contributed by atoms with van der Waals surface area (Å²) in [7, 11) is 4.94. The fourth-order valence-corrected chi connectivity index (χ4v) is 5.01. The van der Waals surface area contributed by atoms with Gasteiger partial charge in [-0.25, -0.2) is 0 Å². The van der Waals surface area contributed by atoms with Crippen molar-refractivity contribution in [2.45, 2.75) is 25.2 Å². The van der Waals surface area contributed by atoms with Crippen LogP contribution in [0.4, 0.5) is 5.69 Å². The first kappa shape index (κ1) is 22.2. The fourth-order valence-electron chi connectivity index (χ4n) is 4.21. The van der Waals surface area contributed by atoms with E-state index >= 15 is 0 Å². The molecule has 3 aromatic rings. The summed E-state index contributed by atoms with van der Waals surface area (Å²) >= 11 is 13.3. The van der Waals surface area contributed by atoms with Crippen molar-refractivity contribution in [3.05, 3.63) is 51.8 Å². The number of H-pyrrole nitrogens is 1. The van der Waals surface area contributed by atoms with Crippen molar-refractivity contribution in [1.82, 2.24) is 20.0 Å². The molecule has 2 heterocycles. The Balaban J connectivity index is 1.71. The molecule has 2 aromatic heterocycles. The van der Waals surface area contributed by atoms with Gasteiger partial charge in [0.15, 0.2) is 0 Å². The third-order valence-electron chi connectivity index (χ3n) is 5.77. The molecule has 1 amide bonds. The molecule has 0 spiro atoms. The van der Waals surface area contributed by atoms with Crippen molar-refractivity contribution in [2.24, 2.45) is 7.05 Å². The van der Waals surface area contributed by atoms with Gasteiger partial charge in [-0.05, 0) is 31.3 Å². The van der Waals surface area contributed by atoms with Crippen LogP contribution in [0.1, 0.15) is 29.2 Å². The molecule has 8 nitrogen and oxygen atoms in total. The maximum atomic E-state index is 11.8. The van der Waals surface area contributed by atoms with E-state index in [-0.39, 0.29) is 11.8 Å². The predicted molar refractivity (Wildman–Crippen MR) is 124 cm³/mol. The van der Waals surface area contributed by atoms with Crippen molar-refractivity contribution >= 4 is 34.8 Å². The number of aryl methyl sites for hydroxylation is 1. The van der Waals surface area contributed by atoms with Gasteiger partial charge in [-0.15, -0.1) is 0 Å². The number of aromatic nitrogens is 4. The summed E-state index contributed by atoms with van der Waals surface area (Å²) in [5, 5.41) is 15.8. The first-order valence-corrected chi connectivity index (χ1v) is 10.8. The summed E-state index contributed by atoms with van der Waals surface area (Å²) in [5.41, 5.74) is 4.96. The van der Waals surface area contributed by atoms with Crippen LogP contribution in [0, 0.1) is 0 Å². The van der Waals surface area contributed by atoms with Gasteiger partial charge in [0.1, 0.15) is 22.9 Å². The fraction of sp³-hybridized carbons (Fsp3) is 0.318. The topological polar surface area (TPSA) is 94.1 Å². The number of rotatable bonds is 6. The number of carbonyl (C=O) groups excluding carboxylic acids is 1. The molecule has 0 aliphatic heterocycles. The lowest BCUT2D eigenvalue weighted by atomic mass is 9.82. The minimum absolute atomic E-state index is 0.0614. The van der Waals surface area contributed by atoms with E-state index in [1.54, 1.807) is 31.2 Å². The monoisotopic (exact) mass is 475 g/mol. The van der Waals surface area contributed by atoms with Gasteiger partial charge in [-0.1, -0.05) is 29.8 Å². The van der Waals surface area contributed by atoms with Gasteiger partial charge >= 0.3 is 0 Å². The molecule has 1 aliphatic carbocycles. The van der Waals surface area contributed by atoms with Crippen LogP contribution >= 0.6 is 23.2 Å². The number of fused-ring (bicyclic) bond motifs is 1. The molecule has 1 atom stereocenters. The highest BCUT2D eigenvalue weighted by atomic mass is 35.5. The summed E-state index contributed by atoms with van der Waals surface area (Å²) in [6.07, 6.45) is 5.05. The smallest absolute Gasteiger partial charge is 0.247 e. The summed E-state index contributed by atoms with van der Waals surface area (Å²) in [6, 6.07) is 1.69. The van der Waals surface area contributed by atoms with Crippen molar-refractivity contribution in [2.75, 3.05) is 19.5 Å². The Morgan fingerprint density at radius 3 is 2.62 bits per heavy atom. The summed E-state index contributed by atoms with van der Waals surface area (Å²) in [4.78, 5) is 11.8. The highest BCUT2D eigenvalue weighted by molar-refractivity contribution is 6.38. The molecule has 0 saturated carbocycles. The summed E-state index contributed by atoms with van der Waals surface area (Å²) < 4.78 is 12.5. The second kappa shape index (κ2) is 8.88. The second-order valence-electron chi connectivity index (χ2n) is 7.52. The van der Waals surface area contributed by atoms with Gasteiger partial charge in [0, 0.05) is 29.9 Å². The first-order chi connectivity index (χ1) is 15.4. The minimum atomic E-state index is -0.306. The highest BCUT2D eigenvalue weighted by Crippen LogP contribution is 2.48. The number of hydrogen-bond donors (Lipinski definition) is 2. The van der Waals surface area contributed by atoms with Crippen molar-refractivity contribution < 1.29 is 14.3 Å². The molecule has 168 valence electrons. The van der Waals surface area contributed by atoms with Crippen molar-refractivity contribution in [3.63, 3.8) is 0 Å². The van der Waals surface area contributed by atoms with Crippen LogP contribution in [-0.4, -0.2) is 40.1 Å². The molecule has 2 N–H and O–H groups in total. The van der Waals surface area contributed by atoms with E-state index in [0.717, 1.165) is 41.1 Å². The normalized spacial score (nSPS) is 15.2. The molecular formula is C22H23Cl2N5O3. The zero-order valence-electron chi connectivity index (χ0n) is 18.0.